The summed E-state index contributed by atoms with van der Waals surface area (Å²) in [5.74, 6) is 0.103. The van der Waals surface area contributed by atoms with Crippen LogP contribution in [0.3, 0.4) is 0 Å². The van der Waals surface area contributed by atoms with Crippen molar-refractivity contribution < 1.29 is 9.59 Å². The maximum absolute atomic E-state index is 12.8. The number of rotatable bonds is 2. The van der Waals surface area contributed by atoms with Crippen molar-refractivity contribution in [2.45, 2.75) is 31.7 Å². The monoisotopic (exact) mass is 452 g/mol. The lowest BCUT2D eigenvalue weighted by Crippen LogP contribution is -2.35. The summed E-state index contributed by atoms with van der Waals surface area (Å²) in [7, 11) is 0. The van der Waals surface area contributed by atoms with Crippen LogP contribution in [0.1, 0.15) is 47.6 Å². The Morgan fingerprint density at radius 1 is 0.933 bits per heavy atom. The molecule has 1 saturated heterocycles. The van der Waals surface area contributed by atoms with Crippen molar-refractivity contribution in [3.63, 3.8) is 0 Å². The highest BCUT2D eigenvalue weighted by Crippen LogP contribution is 2.17. The molecule has 1 aromatic heterocycles. The van der Waals surface area contributed by atoms with Gasteiger partial charge in [-0.25, -0.2) is 0 Å². The van der Waals surface area contributed by atoms with Gasteiger partial charge in [0.1, 0.15) is 0 Å². The topological polar surface area (TPSA) is 74.3 Å². The summed E-state index contributed by atoms with van der Waals surface area (Å²) >= 11 is 0. The van der Waals surface area contributed by atoms with E-state index in [0.717, 1.165) is 31.4 Å². The third-order valence-corrected chi connectivity index (χ3v) is 4.98. The summed E-state index contributed by atoms with van der Waals surface area (Å²) in [6.07, 6.45) is 6.28. The highest BCUT2D eigenvalue weighted by molar-refractivity contribution is 5.94. The molecule has 30 heavy (non-hydrogen) atoms. The minimum atomic E-state index is -0.0219. The molecular weight excluding hydrogens is 423 g/mol. The van der Waals surface area contributed by atoms with Gasteiger partial charge in [0.05, 0.1) is 0 Å². The van der Waals surface area contributed by atoms with Gasteiger partial charge in [-0.1, -0.05) is 30.3 Å². The molecule has 1 unspecified atom stereocenters. The lowest BCUT2D eigenvalue weighted by atomic mass is 10.0. The Morgan fingerprint density at radius 3 is 2.37 bits per heavy atom. The zero-order chi connectivity index (χ0) is 19.6. The Morgan fingerprint density at radius 2 is 1.63 bits per heavy atom. The fourth-order valence-corrected chi connectivity index (χ4v) is 3.44. The summed E-state index contributed by atoms with van der Waals surface area (Å²) in [5.41, 5.74) is 1.78. The van der Waals surface area contributed by atoms with Crippen LogP contribution in [0, 0.1) is 0 Å². The van der Waals surface area contributed by atoms with Crippen LogP contribution < -0.4 is 10.6 Å². The molecule has 1 atom stereocenters. The highest BCUT2D eigenvalue weighted by Gasteiger charge is 2.18. The molecular formula is C22H30Cl2N4O2. The third-order valence-electron chi connectivity index (χ3n) is 4.98. The normalized spacial score (nSPS) is 18.3. The summed E-state index contributed by atoms with van der Waals surface area (Å²) in [5, 5.41) is 6.50. The van der Waals surface area contributed by atoms with Gasteiger partial charge in [-0.3, -0.25) is 14.6 Å². The van der Waals surface area contributed by atoms with Crippen molar-refractivity contribution in [3.05, 3.63) is 66.0 Å². The number of aromatic nitrogens is 1. The molecule has 0 bridgehead atoms. The van der Waals surface area contributed by atoms with E-state index in [2.05, 4.69) is 15.6 Å². The van der Waals surface area contributed by atoms with E-state index in [9.17, 15) is 9.59 Å². The van der Waals surface area contributed by atoms with Crippen molar-refractivity contribution in [3.8, 4) is 0 Å². The molecule has 0 spiro atoms. The minimum absolute atomic E-state index is 0. The second kappa shape index (κ2) is 14.0. The van der Waals surface area contributed by atoms with Crippen LogP contribution in [0.25, 0.3) is 0 Å². The maximum atomic E-state index is 12.8. The molecule has 0 aliphatic carbocycles. The third kappa shape index (κ3) is 7.94. The van der Waals surface area contributed by atoms with Crippen molar-refractivity contribution in [1.82, 2.24) is 20.5 Å². The predicted molar refractivity (Wildman–Crippen MR) is 123 cm³/mol. The van der Waals surface area contributed by atoms with Gasteiger partial charge in [0.2, 0.25) is 5.91 Å². The number of hydrogen-bond donors (Lipinski definition) is 2. The summed E-state index contributed by atoms with van der Waals surface area (Å²) in [4.78, 5) is 31.0. The molecule has 3 rings (SSSR count). The lowest BCUT2D eigenvalue weighted by Gasteiger charge is -2.23. The van der Waals surface area contributed by atoms with Crippen LogP contribution in [0.15, 0.2) is 54.9 Å². The number of hydrogen-bond acceptors (Lipinski definition) is 4. The summed E-state index contributed by atoms with van der Waals surface area (Å²) < 4.78 is 0. The highest BCUT2D eigenvalue weighted by atomic mass is 35.5. The Balaban J connectivity index is 0.00000225. The van der Waals surface area contributed by atoms with E-state index in [-0.39, 0.29) is 42.7 Å². The van der Waals surface area contributed by atoms with Crippen LogP contribution >= 0.6 is 24.8 Å². The molecule has 2 N–H and O–H groups in total. The summed E-state index contributed by atoms with van der Waals surface area (Å²) in [6, 6.07) is 13.5. The number of carbonyl (C=O) groups excluding carboxylic acids is 2. The smallest absolute Gasteiger partial charge is 0.253 e. The molecule has 0 radical (unpaired) electrons. The fourth-order valence-electron chi connectivity index (χ4n) is 3.44. The average molecular weight is 453 g/mol. The van der Waals surface area contributed by atoms with Gasteiger partial charge in [-0.2, -0.15) is 0 Å². The molecule has 1 fully saturated rings. The fraction of sp³-hybridized carbons (Fsp3) is 0.409. The van der Waals surface area contributed by atoms with Crippen LogP contribution in [0.5, 0.6) is 0 Å². The standard InChI is InChI=1S/C22H28N4O2.2ClH/c27-21-17-20(18-7-2-1-3-8-18)24-12-6-16-26(15-5-4-11-25-21)22(28)19-9-13-23-14-10-19;;/h1-3,7-10,13-14,20,24H,4-6,11-12,15-17H2,(H,25,27);2*1H. The van der Waals surface area contributed by atoms with E-state index < -0.39 is 0 Å². The van der Waals surface area contributed by atoms with Crippen LogP contribution in [0.2, 0.25) is 0 Å². The number of pyridine rings is 1. The van der Waals surface area contributed by atoms with E-state index >= 15 is 0 Å². The zero-order valence-electron chi connectivity index (χ0n) is 17.0. The zero-order valence-corrected chi connectivity index (χ0v) is 18.6. The second-order valence-corrected chi connectivity index (χ2v) is 7.06. The molecule has 6 nitrogen and oxygen atoms in total. The van der Waals surface area contributed by atoms with Gasteiger partial charge >= 0.3 is 0 Å². The molecule has 1 aliphatic heterocycles. The molecule has 8 heteroatoms. The van der Waals surface area contributed by atoms with Crippen LogP contribution in [-0.4, -0.2) is 47.9 Å². The molecule has 164 valence electrons. The van der Waals surface area contributed by atoms with E-state index in [1.807, 2.05) is 35.2 Å². The first-order chi connectivity index (χ1) is 13.7. The minimum Gasteiger partial charge on any atom is -0.356 e. The number of amides is 2. The van der Waals surface area contributed by atoms with Gasteiger partial charge in [0, 0.05) is 50.1 Å². The van der Waals surface area contributed by atoms with E-state index in [1.165, 1.54) is 0 Å². The van der Waals surface area contributed by atoms with E-state index in [4.69, 9.17) is 0 Å². The van der Waals surface area contributed by atoms with Gasteiger partial charge in [-0.05, 0) is 43.5 Å². The van der Waals surface area contributed by atoms with Crippen molar-refractivity contribution in [2.75, 3.05) is 26.2 Å². The lowest BCUT2D eigenvalue weighted by molar-refractivity contribution is -0.121. The Hall–Kier alpha value is -2.15. The first-order valence-corrected chi connectivity index (χ1v) is 9.98. The average Bonchev–Trinajstić information content (AvgIpc) is 2.76. The number of nitrogens with zero attached hydrogens (tertiary/aromatic N) is 2. The maximum Gasteiger partial charge on any atom is 0.253 e. The van der Waals surface area contributed by atoms with E-state index in [0.29, 0.717) is 31.6 Å². The quantitative estimate of drug-likeness (QED) is 0.731. The largest absolute Gasteiger partial charge is 0.356 e. The second-order valence-electron chi connectivity index (χ2n) is 7.06. The molecule has 1 aromatic carbocycles. The van der Waals surface area contributed by atoms with Gasteiger partial charge in [0.25, 0.3) is 5.91 Å². The SMILES string of the molecule is Cl.Cl.O=C1CC(c2ccccc2)NCCCN(C(=O)c2ccncc2)CCCCN1. The first-order valence-electron chi connectivity index (χ1n) is 9.98. The Labute approximate surface area is 190 Å². The molecule has 1 aliphatic rings. The van der Waals surface area contributed by atoms with Crippen LogP contribution in [-0.2, 0) is 4.79 Å². The van der Waals surface area contributed by atoms with Crippen molar-refractivity contribution in [2.24, 2.45) is 0 Å². The van der Waals surface area contributed by atoms with Crippen LogP contribution in [0.4, 0.5) is 0 Å². The van der Waals surface area contributed by atoms with E-state index in [1.54, 1.807) is 24.5 Å². The molecule has 0 saturated carbocycles. The van der Waals surface area contributed by atoms with Gasteiger partial charge in [-0.15, -0.1) is 24.8 Å². The van der Waals surface area contributed by atoms with Gasteiger partial charge < -0.3 is 15.5 Å². The number of carbonyl (C=O) groups is 2. The van der Waals surface area contributed by atoms with Gasteiger partial charge in [0.15, 0.2) is 0 Å². The molecule has 2 amide bonds. The number of halogens is 2. The predicted octanol–water partition coefficient (Wildman–Crippen LogP) is 3.39. The number of benzene rings is 1. The van der Waals surface area contributed by atoms with Crippen molar-refractivity contribution in [1.29, 1.82) is 0 Å². The molecule has 2 heterocycles. The first kappa shape index (κ1) is 25.9. The van der Waals surface area contributed by atoms with Crippen molar-refractivity contribution >= 4 is 36.6 Å². The summed E-state index contributed by atoms with van der Waals surface area (Å²) in [6.45, 7) is 2.76. The molecule has 2 aromatic rings. The number of nitrogens with one attached hydrogen (secondary N) is 2. The Bertz CT molecular complexity index is 762. The Kier molecular flexibility index (Phi) is 12.0.